The fourth-order valence-corrected chi connectivity index (χ4v) is 3.92. The van der Waals surface area contributed by atoms with Gasteiger partial charge in [-0.3, -0.25) is 14.3 Å². The number of piperazine rings is 1. The molecule has 1 amide bonds. The molecule has 1 aromatic carbocycles. The zero-order valence-corrected chi connectivity index (χ0v) is 17.2. The highest BCUT2D eigenvalue weighted by Crippen LogP contribution is 2.21. The average molecular weight is 428 g/mol. The number of carbonyl (C=O) groups excluding carboxylic acids is 1. The summed E-state index contributed by atoms with van der Waals surface area (Å²) in [5.74, 6) is -1.44. The van der Waals surface area contributed by atoms with Crippen molar-refractivity contribution in [2.24, 2.45) is 12.8 Å². The number of carbonyl (C=O) groups is 1. The summed E-state index contributed by atoms with van der Waals surface area (Å²) in [4.78, 5) is 33.8. The Hall–Kier alpha value is -3.11. The first-order valence-corrected chi connectivity index (χ1v) is 9.90. The normalized spacial score (nSPS) is 14.9. The topological polar surface area (TPSA) is 100 Å². The van der Waals surface area contributed by atoms with Gasteiger partial charge in [-0.15, -0.1) is 0 Å². The summed E-state index contributed by atoms with van der Waals surface area (Å²) in [6.07, 6.45) is 0. The number of halogens is 1. The number of nitrogens with two attached hydrogens (primary N) is 1. The van der Waals surface area contributed by atoms with Gasteiger partial charge in [0.25, 0.3) is 5.91 Å². The number of pyridine rings is 1. The fraction of sp³-hybridized carbons (Fsp3) is 0.300. The first kappa shape index (κ1) is 20.2. The summed E-state index contributed by atoms with van der Waals surface area (Å²) < 4.78 is 16.2. The average Bonchev–Trinajstić information content (AvgIpc) is 2.72. The highest BCUT2D eigenvalue weighted by Gasteiger charge is 2.21. The highest BCUT2D eigenvalue weighted by atomic mass is 32.1. The molecular weight excluding hydrogens is 407 g/mol. The largest absolute Gasteiger partial charge is 0.365 e. The van der Waals surface area contributed by atoms with Crippen LogP contribution in [0.3, 0.4) is 0 Å². The number of H-pyrrole nitrogens is 1. The minimum atomic E-state index is -0.751. The molecule has 0 unspecified atom stereocenters. The van der Waals surface area contributed by atoms with E-state index in [1.165, 1.54) is 10.6 Å². The van der Waals surface area contributed by atoms with Crippen molar-refractivity contribution in [2.75, 3.05) is 31.1 Å². The molecule has 0 spiro atoms. The Balaban J connectivity index is 1.45. The molecule has 0 aliphatic carbocycles. The molecule has 0 bridgehead atoms. The Bertz CT molecular complexity index is 1250. The van der Waals surface area contributed by atoms with Crippen molar-refractivity contribution >= 4 is 34.7 Å². The molecule has 2 aromatic heterocycles. The second kappa shape index (κ2) is 7.96. The van der Waals surface area contributed by atoms with Crippen LogP contribution in [0, 0.1) is 10.6 Å². The summed E-state index contributed by atoms with van der Waals surface area (Å²) in [6.45, 7) is 3.44. The maximum absolute atomic E-state index is 14.3. The standard InChI is InChI=1S/C20H21FN6O2S/c1-25-19(30)13-3-2-12(10-15(13)24-20(25)29)11-26-6-8-27(9-7-26)16-5-4-14(18(22)28)23-17(16)21/h2-5,10H,6-9,11H2,1H3,(H2,22,28)(H,24,29). The zero-order valence-electron chi connectivity index (χ0n) is 16.4. The van der Waals surface area contributed by atoms with Gasteiger partial charge >= 0.3 is 5.69 Å². The number of anilines is 1. The van der Waals surface area contributed by atoms with E-state index < -0.39 is 11.9 Å². The van der Waals surface area contributed by atoms with Gasteiger partial charge in [0.05, 0.1) is 11.2 Å². The van der Waals surface area contributed by atoms with E-state index in [1.54, 1.807) is 13.1 Å². The lowest BCUT2D eigenvalue weighted by atomic mass is 10.1. The lowest BCUT2D eigenvalue weighted by Gasteiger charge is -2.36. The van der Waals surface area contributed by atoms with Crippen LogP contribution in [0.1, 0.15) is 16.1 Å². The van der Waals surface area contributed by atoms with Gasteiger partial charge in [0.2, 0.25) is 5.95 Å². The lowest BCUT2D eigenvalue weighted by Crippen LogP contribution is -2.46. The van der Waals surface area contributed by atoms with Gasteiger partial charge in [-0.1, -0.05) is 18.3 Å². The number of aromatic amines is 1. The van der Waals surface area contributed by atoms with Crippen molar-refractivity contribution in [1.82, 2.24) is 19.4 Å². The predicted molar refractivity (Wildman–Crippen MR) is 115 cm³/mol. The molecule has 8 nitrogen and oxygen atoms in total. The summed E-state index contributed by atoms with van der Waals surface area (Å²) in [5.41, 5.74) is 6.98. The third kappa shape index (κ3) is 3.83. The molecule has 3 N–H and O–H groups in total. The van der Waals surface area contributed by atoms with E-state index in [1.807, 2.05) is 23.1 Å². The van der Waals surface area contributed by atoms with E-state index in [4.69, 9.17) is 18.0 Å². The molecule has 1 saturated heterocycles. The van der Waals surface area contributed by atoms with Gasteiger partial charge in [0.15, 0.2) is 0 Å². The van der Waals surface area contributed by atoms with E-state index in [0.717, 1.165) is 29.6 Å². The molecule has 0 radical (unpaired) electrons. The molecule has 3 heterocycles. The molecule has 156 valence electrons. The van der Waals surface area contributed by atoms with Crippen LogP contribution >= 0.6 is 12.2 Å². The van der Waals surface area contributed by atoms with Crippen LogP contribution in [0.25, 0.3) is 10.9 Å². The second-order valence-corrected chi connectivity index (χ2v) is 7.69. The number of primary amides is 1. The van der Waals surface area contributed by atoms with Crippen molar-refractivity contribution in [1.29, 1.82) is 0 Å². The van der Waals surface area contributed by atoms with E-state index in [2.05, 4.69) is 14.9 Å². The first-order valence-electron chi connectivity index (χ1n) is 9.49. The zero-order chi connectivity index (χ0) is 21.4. The predicted octanol–water partition coefficient (Wildman–Crippen LogP) is 1.55. The van der Waals surface area contributed by atoms with Crippen LogP contribution in [0.15, 0.2) is 35.1 Å². The molecule has 1 aliphatic rings. The van der Waals surface area contributed by atoms with Crippen LogP contribution in [0.5, 0.6) is 0 Å². The van der Waals surface area contributed by atoms with Crippen LogP contribution in [-0.2, 0) is 13.6 Å². The van der Waals surface area contributed by atoms with E-state index in [-0.39, 0.29) is 11.4 Å². The number of fused-ring (bicyclic) bond motifs is 1. The quantitative estimate of drug-likeness (QED) is 0.483. The summed E-state index contributed by atoms with van der Waals surface area (Å²) in [5, 5.41) is 0.836. The second-order valence-electron chi connectivity index (χ2n) is 7.31. The number of nitrogens with zero attached hydrogens (tertiary/aromatic N) is 4. The number of aromatic nitrogens is 3. The summed E-state index contributed by atoms with van der Waals surface area (Å²) in [6, 6.07) is 8.88. The van der Waals surface area contributed by atoms with Gasteiger partial charge in [0.1, 0.15) is 10.3 Å². The lowest BCUT2D eigenvalue weighted by molar-refractivity contribution is 0.0994. The smallest absolute Gasteiger partial charge is 0.326 e. The Kier molecular flexibility index (Phi) is 5.35. The third-order valence-electron chi connectivity index (χ3n) is 5.37. The number of rotatable bonds is 4. The molecule has 0 atom stereocenters. The minimum Gasteiger partial charge on any atom is -0.365 e. The molecule has 4 rings (SSSR count). The monoisotopic (exact) mass is 428 g/mol. The Morgan fingerprint density at radius 2 is 1.97 bits per heavy atom. The van der Waals surface area contributed by atoms with Gasteiger partial charge in [-0.05, 0) is 29.8 Å². The highest BCUT2D eigenvalue weighted by molar-refractivity contribution is 7.71. The van der Waals surface area contributed by atoms with Crippen LogP contribution < -0.4 is 16.3 Å². The number of hydrogen-bond donors (Lipinski definition) is 2. The Morgan fingerprint density at radius 1 is 1.23 bits per heavy atom. The van der Waals surface area contributed by atoms with Gasteiger partial charge in [-0.2, -0.15) is 4.39 Å². The van der Waals surface area contributed by atoms with E-state index in [9.17, 15) is 14.0 Å². The maximum Gasteiger partial charge on any atom is 0.326 e. The summed E-state index contributed by atoms with van der Waals surface area (Å²) in [7, 11) is 1.65. The van der Waals surface area contributed by atoms with Crippen LogP contribution in [-0.4, -0.2) is 51.5 Å². The molecule has 0 saturated carbocycles. The van der Waals surface area contributed by atoms with Crippen molar-refractivity contribution in [2.45, 2.75) is 6.54 Å². The van der Waals surface area contributed by atoms with Crippen LogP contribution in [0.2, 0.25) is 0 Å². The van der Waals surface area contributed by atoms with Gasteiger partial charge < -0.3 is 15.6 Å². The van der Waals surface area contributed by atoms with Gasteiger partial charge in [-0.25, -0.2) is 9.78 Å². The maximum atomic E-state index is 14.3. The molecule has 30 heavy (non-hydrogen) atoms. The molecule has 1 fully saturated rings. The van der Waals surface area contributed by atoms with E-state index >= 15 is 0 Å². The fourth-order valence-electron chi connectivity index (χ4n) is 3.66. The third-order valence-corrected chi connectivity index (χ3v) is 5.86. The van der Waals surface area contributed by atoms with Crippen molar-refractivity contribution in [3.05, 3.63) is 62.7 Å². The number of benzene rings is 1. The minimum absolute atomic E-state index is 0.0833. The molecule has 10 heteroatoms. The van der Waals surface area contributed by atoms with Gasteiger partial charge in [0, 0.05) is 45.2 Å². The summed E-state index contributed by atoms with van der Waals surface area (Å²) >= 11 is 5.34. The van der Waals surface area contributed by atoms with Crippen molar-refractivity contribution < 1.29 is 9.18 Å². The number of nitrogens with one attached hydrogen (secondary N) is 1. The molecule has 1 aliphatic heterocycles. The Morgan fingerprint density at radius 3 is 2.63 bits per heavy atom. The first-order chi connectivity index (χ1) is 14.3. The Labute approximate surface area is 176 Å². The SMILES string of the molecule is Cn1c(=O)[nH]c2cc(CN3CCN(c4ccc(C(N)=O)nc4F)CC3)ccc2c1=S. The van der Waals surface area contributed by atoms with E-state index in [0.29, 0.717) is 30.0 Å². The van der Waals surface area contributed by atoms with Crippen LogP contribution in [0.4, 0.5) is 10.1 Å². The molecule has 3 aromatic rings. The number of amides is 1. The molecular formula is C20H21FN6O2S. The van der Waals surface area contributed by atoms with Crippen molar-refractivity contribution in [3.63, 3.8) is 0 Å². The van der Waals surface area contributed by atoms with Crippen molar-refractivity contribution in [3.8, 4) is 0 Å². The number of hydrogen-bond acceptors (Lipinski definition) is 6.